The van der Waals surface area contributed by atoms with Crippen LogP contribution in [0, 0.1) is 25.7 Å². The van der Waals surface area contributed by atoms with Crippen LogP contribution in [0.4, 0.5) is 10.5 Å². The van der Waals surface area contributed by atoms with Crippen LogP contribution < -0.4 is 16.0 Å². The van der Waals surface area contributed by atoms with Crippen molar-refractivity contribution in [3.05, 3.63) is 28.8 Å². The number of hydrogen-bond acceptors (Lipinski definition) is 5. The lowest BCUT2D eigenvalue weighted by atomic mass is 9.80. The van der Waals surface area contributed by atoms with E-state index in [-0.39, 0.29) is 56.4 Å². The number of urea groups is 1. The summed E-state index contributed by atoms with van der Waals surface area (Å²) in [6, 6.07) is 3.02. The van der Waals surface area contributed by atoms with E-state index in [9.17, 15) is 18.0 Å². The summed E-state index contributed by atoms with van der Waals surface area (Å²) in [6.07, 6.45) is -1.20. The molecule has 2 fully saturated rings. The fraction of sp³-hybridized carbons (Fsp3) is 0.667. The van der Waals surface area contributed by atoms with Gasteiger partial charge in [-0.2, -0.15) is 0 Å². The minimum absolute atomic E-state index is 0.0283. The molecule has 0 aromatic heterocycles. The molecule has 0 unspecified atom stereocenters. The lowest BCUT2D eigenvalue weighted by Gasteiger charge is -2.34. The van der Waals surface area contributed by atoms with Gasteiger partial charge in [-0.25, -0.2) is 17.5 Å². The molecule has 0 bridgehead atoms. The van der Waals surface area contributed by atoms with E-state index >= 15 is 0 Å². The van der Waals surface area contributed by atoms with Crippen LogP contribution >= 0.6 is 0 Å². The van der Waals surface area contributed by atoms with Gasteiger partial charge in [0, 0.05) is 40.0 Å². The first-order valence-electron chi connectivity index (χ1n) is 15.8. The van der Waals surface area contributed by atoms with Crippen LogP contribution in [0.5, 0.6) is 0 Å². The van der Waals surface area contributed by atoms with Crippen molar-refractivity contribution in [2.45, 2.75) is 77.6 Å². The van der Waals surface area contributed by atoms with Gasteiger partial charge in [-0.1, -0.05) is 13.2 Å². The number of primary amides is 1. The third-order valence-corrected chi connectivity index (χ3v) is 9.97. The maximum atomic E-state index is 13.3. The molecule has 1 saturated carbocycles. The highest BCUT2D eigenvalue weighted by molar-refractivity contribution is 7.89. The predicted molar refractivity (Wildman–Crippen MR) is 146 cm³/mol. The van der Waals surface area contributed by atoms with Gasteiger partial charge >= 0.3 is 6.03 Å². The normalized spacial score (nSPS) is 29.2. The molecule has 0 atom stereocenters. The molecule has 204 valence electrons. The van der Waals surface area contributed by atoms with E-state index in [1.165, 1.54) is 9.21 Å². The number of amides is 3. The molecule has 1 aliphatic carbocycles. The van der Waals surface area contributed by atoms with Gasteiger partial charge in [-0.3, -0.25) is 14.7 Å². The molecule has 10 heteroatoms. The SMILES string of the molecule is [2H]C([2H])([2H])C([2H])([2H])C1([2H])CCC(C2=NC3(CCN(S(=O)(=O)CCc4c(C)cc(N(C)C(N)=O)cc4C)CC3)C(=O)N2)CC1. The molecule has 37 heavy (non-hydrogen) atoms. The van der Waals surface area contributed by atoms with E-state index in [0.717, 1.165) is 16.7 Å². The first-order chi connectivity index (χ1) is 19.7. The van der Waals surface area contributed by atoms with Crippen molar-refractivity contribution in [1.82, 2.24) is 9.62 Å². The second-order valence-electron chi connectivity index (χ2n) is 10.4. The molecule has 1 aromatic rings. The Morgan fingerprint density at radius 3 is 2.46 bits per heavy atom. The topological polar surface area (TPSA) is 125 Å². The Bertz CT molecular complexity index is 1390. The Labute approximate surface area is 229 Å². The Morgan fingerprint density at radius 2 is 1.89 bits per heavy atom. The molecule has 3 N–H and O–H groups in total. The number of nitrogens with two attached hydrogens (primary N) is 1. The number of hydrogen-bond donors (Lipinski definition) is 2. The lowest BCUT2D eigenvalue weighted by Crippen LogP contribution is -2.51. The molecular weight excluding hydrogens is 490 g/mol. The van der Waals surface area contributed by atoms with E-state index in [4.69, 9.17) is 19.0 Å². The van der Waals surface area contributed by atoms with Gasteiger partial charge in [-0.15, -0.1) is 0 Å². The van der Waals surface area contributed by atoms with Gasteiger partial charge in [0.1, 0.15) is 11.4 Å². The number of nitrogens with one attached hydrogen (secondary N) is 1. The molecule has 9 nitrogen and oxygen atoms in total. The van der Waals surface area contributed by atoms with E-state index in [1.807, 2.05) is 13.8 Å². The van der Waals surface area contributed by atoms with Crippen LogP contribution in [0.1, 0.15) is 76.7 Å². The number of piperidine rings is 1. The Hall–Kier alpha value is -2.46. The van der Waals surface area contributed by atoms with Gasteiger partial charge in [0.25, 0.3) is 5.91 Å². The summed E-state index contributed by atoms with van der Waals surface area (Å²) in [5.41, 5.74) is 7.55. The standard InChI is InChI=1S/C27H41N5O4S/c1-5-20-6-8-21(9-7-20)24-29-25(33)27(30-24)11-13-32(14-12-27)37(35,36)15-10-23-18(2)16-22(17-19(23)3)31(4)26(28)34/h16-17,20-21H,5-15H2,1-4H3,(H2,28,34)(H,29,30,33)/i1D3,5D2,20D. The van der Waals surface area contributed by atoms with Crippen LogP contribution in [0.3, 0.4) is 0 Å². The zero-order chi connectivity index (χ0) is 32.2. The average Bonchev–Trinajstić information content (AvgIpc) is 3.22. The molecule has 4 rings (SSSR count). The van der Waals surface area contributed by atoms with Crippen molar-refractivity contribution in [3.63, 3.8) is 0 Å². The molecule has 2 heterocycles. The summed E-state index contributed by atoms with van der Waals surface area (Å²) in [7, 11) is -2.05. The van der Waals surface area contributed by atoms with E-state index in [1.54, 1.807) is 19.2 Å². The van der Waals surface area contributed by atoms with Gasteiger partial charge in [0.05, 0.1) is 5.75 Å². The van der Waals surface area contributed by atoms with Crippen LogP contribution in [0.25, 0.3) is 0 Å². The van der Waals surface area contributed by atoms with Crippen LogP contribution in [0.15, 0.2) is 17.1 Å². The Morgan fingerprint density at radius 1 is 1.27 bits per heavy atom. The molecule has 1 spiro atoms. The Kier molecular flexibility index (Phi) is 5.94. The number of amidine groups is 1. The van der Waals surface area contributed by atoms with Crippen molar-refractivity contribution in [2.75, 3.05) is 30.8 Å². The fourth-order valence-electron chi connectivity index (χ4n) is 5.62. The highest BCUT2D eigenvalue weighted by Gasteiger charge is 2.48. The molecule has 3 aliphatic rings. The number of aliphatic imine (C=N–C) groups is 1. The molecule has 1 aromatic carbocycles. The third kappa shape index (κ3) is 5.70. The largest absolute Gasteiger partial charge is 0.351 e. The number of benzene rings is 1. The number of anilines is 1. The average molecular weight is 538 g/mol. The monoisotopic (exact) mass is 537 g/mol. The summed E-state index contributed by atoms with van der Waals surface area (Å²) in [6.45, 7) is 1.11. The minimum atomic E-state index is -3.63. The molecule has 0 radical (unpaired) electrons. The van der Waals surface area contributed by atoms with E-state index in [0.29, 0.717) is 30.8 Å². The number of aryl methyl sites for hydroxylation is 2. The van der Waals surface area contributed by atoms with Crippen molar-refractivity contribution in [3.8, 4) is 0 Å². The zero-order valence-electron chi connectivity index (χ0n) is 27.8. The van der Waals surface area contributed by atoms with Crippen molar-refractivity contribution >= 4 is 33.5 Å². The van der Waals surface area contributed by atoms with E-state index in [2.05, 4.69) is 5.32 Å². The van der Waals surface area contributed by atoms with E-state index < -0.39 is 40.7 Å². The van der Waals surface area contributed by atoms with Gasteiger partial charge in [-0.05, 0) is 93.5 Å². The van der Waals surface area contributed by atoms with Crippen LogP contribution in [0.2, 0.25) is 0 Å². The lowest BCUT2D eigenvalue weighted by molar-refractivity contribution is -0.125. The molecule has 2 aliphatic heterocycles. The smallest absolute Gasteiger partial charge is 0.318 e. The highest BCUT2D eigenvalue weighted by Crippen LogP contribution is 2.36. The van der Waals surface area contributed by atoms with Gasteiger partial charge in [0.2, 0.25) is 10.0 Å². The van der Waals surface area contributed by atoms with Crippen LogP contribution in [-0.4, -0.2) is 61.9 Å². The number of carbonyl (C=O) groups is 2. The zero-order valence-corrected chi connectivity index (χ0v) is 22.6. The first kappa shape index (κ1) is 20.5. The number of sulfonamides is 1. The van der Waals surface area contributed by atoms with Crippen molar-refractivity contribution in [2.24, 2.45) is 22.5 Å². The Balaban J connectivity index is 1.38. The number of nitrogens with zero attached hydrogens (tertiary/aromatic N) is 3. The fourth-order valence-corrected chi connectivity index (χ4v) is 7.08. The van der Waals surface area contributed by atoms with Crippen LogP contribution in [-0.2, 0) is 21.2 Å². The van der Waals surface area contributed by atoms with Crippen molar-refractivity contribution < 1.29 is 26.2 Å². The summed E-state index contributed by atoms with van der Waals surface area (Å²) >= 11 is 0. The molecule has 3 amide bonds. The first-order valence-corrected chi connectivity index (χ1v) is 14.4. The number of rotatable bonds is 7. The maximum absolute atomic E-state index is 13.3. The molecule has 1 saturated heterocycles. The summed E-state index contributed by atoms with van der Waals surface area (Å²) in [5, 5.41) is 2.86. The minimum Gasteiger partial charge on any atom is -0.351 e. The van der Waals surface area contributed by atoms with Gasteiger partial charge in [0.15, 0.2) is 0 Å². The highest BCUT2D eigenvalue weighted by atomic mass is 32.2. The quantitative estimate of drug-likeness (QED) is 0.554. The van der Waals surface area contributed by atoms with Gasteiger partial charge < -0.3 is 11.1 Å². The second-order valence-corrected chi connectivity index (χ2v) is 12.5. The predicted octanol–water partition coefficient (Wildman–Crippen LogP) is 3.27. The third-order valence-electron chi connectivity index (χ3n) is 8.10. The second kappa shape index (κ2) is 10.7. The maximum Gasteiger partial charge on any atom is 0.318 e. The summed E-state index contributed by atoms with van der Waals surface area (Å²) in [5.74, 6) is -1.90. The molecular formula is C27H41N5O4S. The van der Waals surface area contributed by atoms with Crippen molar-refractivity contribution in [1.29, 1.82) is 0 Å². The summed E-state index contributed by atoms with van der Waals surface area (Å²) in [4.78, 5) is 30.7. The summed E-state index contributed by atoms with van der Waals surface area (Å²) < 4.78 is 75.4. The number of carbonyl (C=O) groups excluding carboxylic acids is 2.